The summed E-state index contributed by atoms with van der Waals surface area (Å²) in [6.07, 6.45) is 4.39. The molecule has 0 atom stereocenters. The molecule has 0 saturated carbocycles. The van der Waals surface area contributed by atoms with Crippen molar-refractivity contribution in [3.63, 3.8) is 0 Å². The number of nitrogens with one attached hydrogen (secondary N) is 1. The molecule has 2 aromatic carbocycles. The summed E-state index contributed by atoms with van der Waals surface area (Å²) in [5, 5.41) is 9.52. The summed E-state index contributed by atoms with van der Waals surface area (Å²) in [6.45, 7) is 3.14. The number of carbonyl (C=O) groups excluding carboxylic acids is 1. The fraction of sp³-hybridized carbons (Fsp3) is 0.150. The lowest BCUT2D eigenvalue weighted by Crippen LogP contribution is -1.96. The van der Waals surface area contributed by atoms with Gasteiger partial charge in [0.25, 0.3) is 0 Å². The van der Waals surface area contributed by atoms with E-state index in [1.54, 1.807) is 10.9 Å². The van der Waals surface area contributed by atoms with Crippen LogP contribution >= 0.6 is 11.6 Å². The van der Waals surface area contributed by atoms with Crippen LogP contribution in [0.1, 0.15) is 23.0 Å². The summed E-state index contributed by atoms with van der Waals surface area (Å²) >= 11 is 6.43. The third-order valence-electron chi connectivity index (χ3n) is 4.39. The van der Waals surface area contributed by atoms with Crippen molar-refractivity contribution in [2.45, 2.75) is 20.1 Å². The summed E-state index contributed by atoms with van der Waals surface area (Å²) in [5.41, 5.74) is 4.05. The maximum absolute atomic E-state index is 11.2. The SMILES string of the molecule is CCn1cc(COc2ccc(-c3cc4c(C=O)c[nH]c4cc3Cl)cc2)nn1. The second-order valence-corrected chi connectivity index (χ2v) is 6.53. The zero-order valence-electron chi connectivity index (χ0n) is 14.6. The first kappa shape index (κ1) is 17.3. The van der Waals surface area contributed by atoms with Crippen LogP contribution in [0.25, 0.3) is 22.0 Å². The minimum Gasteiger partial charge on any atom is -0.487 e. The van der Waals surface area contributed by atoms with E-state index in [4.69, 9.17) is 16.3 Å². The van der Waals surface area contributed by atoms with Crippen molar-refractivity contribution in [2.24, 2.45) is 0 Å². The molecule has 2 heterocycles. The van der Waals surface area contributed by atoms with Crippen LogP contribution in [0.3, 0.4) is 0 Å². The summed E-state index contributed by atoms with van der Waals surface area (Å²) in [7, 11) is 0. The van der Waals surface area contributed by atoms with Gasteiger partial charge < -0.3 is 9.72 Å². The number of hydrogen-bond donors (Lipinski definition) is 1. The lowest BCUT2D eigenvalue weighted by molar-refractivity contribution is 0.112. The first-order valence-corrected chi connectivity index (χ1v) is 8.93. The average Bonchev–Trinajstić information content (AvgIpc) is 3.32. The number of halogens is 1. The van der Waals surface area contributed by atoms with E-state index in [1.807, 2.05) is 49.5 Å². The molecule has 1 N–H and O–H groups in total. The van der Waals surface area contributed by atoms with Gasteiger partial charge in [-0.2, -0.15) is 0 Å². The molecule has 0 aliphatic heterocycles. The highest BCUT2D eigenvalue weighted by Crippen LogP contribution is 2.33. The number of aldehydes is 1. The van der Waals surface area contributed by atoms with Gasteiger partial charge in [-0.3, -0.25) is 9.48 Å². The second-order valence-electron chi connectivity index (χ2n) is 6.12. The first-order chi connectivity index (χ1) is 13.2. The molecule has 0 spiro atoms. The lowest BCUT2D eigenvalue weighted by atomic mass is 10.0. The van der Waals surface area contributed by atoms with Crippen molar-refractivity contribution >= 4 is 28.8 Å². The Hall–Kier alpha value is -3.12. The fourth-order valence-corrected chi connectivity index (χ4v) is 3.20. The van der Waals surface area contributed by atoms with Crippen LogP contribution in [0.2, 0.25) is 5.02 Å². The molecule has 4 rings (SSSR count). The third-order valence-corrected chi connectivity index (χ3v) is 4.70. The molecule has 0 aliphatic rings. The Morgan fingerprint density at radius 2 is 2.07 bits per heavy atom. The Morgan fingerprint density at radius 1 is 1.26 bits per heavy atom. The molecule has 7 heteroatoms. The highest BCUT2D eigenvalue weighted by Gasteiger charge is 2.10. The molecule has 136 valence electrons. The van der Waals surface area contributed by atoms with Gasteiger partial charge in [-0.1, -0.05) is 28.9 Å². The number of rotatable bonds is 6. The van der Waals surface area contributed by atoms with E-state index in [9.17, 15) is 4.79 Å². The van der Waals surface area contributed by atoms with E-state index in [0.717, 1.165) is 46.3 Å². The maximum atomic E-state index is 11.2. The molecule has 4 aromatic rings. The molecule has 0 amide bonds. The van der Waals surface area contributed by atoms with Crippen LogP contribution in [0.4, 0.5) is 0 Å². The summed E-state index contributed by atoms with van der Waals surface area (Å²) in [6, 6.07) is 11.4. The van der Waals surface area contributed by atoms with Crippen LogP contribution in [0, 0.1) is 0 Å². The standard InChI is InChI=1S/C20H17ClN4O2/c1-2-25-10-15(23-24-25)12-27-16-5-3-13(4-6-16)17-7-18-14(11-26)9-22-20(18)8-19(17)21/h3-11,22H,2,12H2,1H3. The highest BCUT2D eigenvalue weighted by molar-refractivity contribution is 6.34. The van der Waals surface area contributed by atoms with Crippen molar-refractivity contribution in [3.8, 4) is 16.9 Å². The summed E-state index contributed by atoms with van der Waals surface area (Å²) in [5.74, 6) is 0.734. The van der Waals surface area contributed by atoms with Gasteiger partial charge in [0.05, 0.1) is 11.2 Å². The molecular weight excluding hydrogens is 364 g/mol. The van der Waals surface area contributed by atoms with E-state index in [-0.39, 0.29) is 0 Å². The Bertz CT molecular complexity index is 1100. The maximum Gasteiger partial charge on any atom is 0.152 e. The number of hydrogen-bond acceptors (Lipinski definition) is 4. The predicted molar refractivity (Wildman–Crippen MR) is 104 cm³/mol. The molecule has 2 aromatic heterocycles. The first-order valence-electron chi connectivity index (χ1n) is 8.56. The largest absolute Gasteiger partial charge is 0.487 e. The van der Waals surface area contributed by atoms with Gasteiger partial charge in [-0.15, -0.1) is 5.10 Å². The van der Waals surface area contributed by atoms with Crippen molar-refractivity contribution < 1.29 is 9.53 Å². The number of ether oxygens (including phenoxy) is 1. The van der Waals surface area contributed by atoms with Crippen LogP contribution < -0.4 is 4.74 Å². The normalized spacial score (nSPS) is 11.0. The number of fused-ring (bicyclic) bond motifs is 1. The Kier molecular flexibility index (Phi) is 4.64. The molecule has 0 fully saturated rings. The second kappa shape index (κ2) is 7.25. The van der Waals surface area contributed by atoms with Crippen LogP contribution in [0.15, 0.2) is 48.8 Å². The summed E-state index contributed by atoms with van der Waals surface area (Å²) < 4.78 is 7.52. The topological polar surface area (TPSA) is 72.8 Å². The smallest absolute Gasteiger partial charge is 0.152 e. The van der Waals surface area contributed by atoms with E-state index in [2.05, 4.69) is 15.3 Å². The molecule has 0 bridgehead atoms. The third kappa shape index (κ3) is 3.44. The van der Waals surface area contributed by atoms with Crippen molar-refractivity contribution in [3.05, 3.63) is 65.1 Å². The van der Waals surface area contributed by atoms with Gasteiger partial charge in [-0.05, 0) is 36.8 Å². The number of benzene rings is 2. The zero-order valence-corrected chi connectivity index (χ0v) is 15.4. The van der Waals surface area contributed by atoms with Gasteiger partial charge in [0, 0.05) is 34.8 Å². The van der Waals surface area contributed by atoms with Crippen LogP contribution in [-0.2, 0) is 13.2 Å². The van der Waals surface area contributed by atoms with Crippen LogP contribution in [0.5, 0.6) is 5.75 Å². The Morgan fingerprint density at radius 3 is 2.78 bits per heavy atom. The number of aryl methyl sites for hydroxylation is 1. The van der Waals surface area contributed by atoms with Crippen molar-refractivity contribution in [1.29, 1.82) is 0 Å². The minimum absolute atomic E-state index is 0.359. The predicted octanol–water partition coefficient (Wildman–Crippen LogP) is 4.49. The van der Waals surface area contributed by atoms with E-state index >= 15 is 0 Å². The zero-order chi connectivity index (χ0) is 18.8. The van der Waals surface area contributed by atoms with Gasteiger partial charge in [0.2, 0.25) is 0 Å². The monoisotopic (exact) mass is 380 g/mol. The van der Waals surface area contributed by atoms with Crippen molar-refractivity contribution in [2.75, 3.05) is 0 Å². The molecule has 0 saturated heterocycles. The fourth-order valence-electron chi connectivity index (χ4n) is 2.93. The lowest BCUT2D eigenvalue weighted by Gasteiger charge is -2.08. The molecule has 27 heavy (non-hydrogen) atoms. The minimum atomic E-state index is 0.359. The van der Waals surface area contributed by atoms with Crippen molar-refractivity contribution in [1.82, 2.24) is 20.0 Å². The number of carbonyl (C=O) groups is 1. The van der Waals surface area contributed by atoms with Gasteiger partial charge in [-0.25, -0.2) is 0 Å². The number of aromatic nitrogens is 4. The quantitative estimate of drug-likeness (QED) is 0.500. The molecule has 0 radical (unpaired) electrons. The highest BCUT2D eigenvalue weighted by atomic mass is 35.5. The van der Waals surface area contributed by atoms with Gasteiger partial charge in [0.15, 0.2) is 6.29 Å². The molecule has 0 unspecified atom stereocenters. The van der Waals surface area contributed by atoms with E-state index < -0.39 is 0 Å². The van der Waals surface area contributed by atoms with Crippen LogP contribution in [-0.4, -0.2) is 26.3 Å². The van der Waals surface area contributed by atoms with Gasteiger partial charge >= 0.3 is 0 Å². The molecular formula is C20H17ClN4O2. The summed E-state index contributed by atoms with van der Waals surface area (Å²) in [4.78, 5) is 14.2. The Balaban J connectivity index is 1.55. The van der Waals surface area contributed by atoms with E-state index in [1.165, 1.54) is 0 Å². The average molecular weight is 381 g/mol. The number of aromatic amines is 1. The Labute approximate surface area is 160 Å². The molecule has 0 aliphatic carbocycles. The number of nitrogens with zero attached hydrogens (tertiary/aromatic N) is 3. The van der Waals surface area contributed by atoms with E-state index in [0.29, 0.717) is 17.2 Å². The van der Waals surface area contributed by atoms with Gasteiger partial charge in [0.1, 0.15) is 18.1 Å². The number of H-pyrrole nitrogens is 1. The molecule has 6 nitrogen and oxygen atoms in total.